The highest BCUT2D eigenvalue weighted by atomic mass is 79.9. The average molecular weight is 560 g/mol. The molecule has 1 amide bonds. The molecule has 0 aliphatic heterocycles. The summed E-state index contributed by atoms with van der Waals surface area (Å²) < 4.78 is 6.71. The summed E-state index contributed by atoms with van der Waals surface area (Å²) >= 11 is 10.0. The average Bonchev–Trinajstić information content (AvgIpc) is 2.88. The highest BCUT2D eigenvalue weighted by Crippen LogP contribution is 2.35. The van der Waals surface area contributed by atoms with Gasteiger partial charge in [0.1, 0.15) is 12.4 Å². The van der Waals surface area contributed by atoms with Crippen molar-refractivity contribution in [3.63, 3.8) is 0 Å². The zero-order valence-corrected chi connectivity index (χ0v) is 21.3. The van der Waals surface area contributed by atoms with E-state index in [1.807, 2.05) is 48.5 Å². The highest BCUT2D eigenvalue weighted by molar-refractivity contribution is 9.10. The third-order valence-electron chi connectivity index (χ3n) is 5.76. The summed E-state index contributed by atoms with van der Waals surface area (Å²) in [4.78, 5) is 12.6. The van der Waals surface area contributed by atoms with E-state index in [0.717, 1.165) is 27.1 Å². The molecule has 0 aliphatic rings. The molecular formula is C29H20BrClN2O3. The van der Waals surface area contributed by atoms with Gasteiger partial charge < -0.3 is 9.84 Å². The van der Waals surface area contributed by atoms with Gasteiger partial charge >= 0.3 is 0 Å². The molecule has 5 aromatic carbocycles. The molecule has 0 fully saturated rings. The maximum Gasteiger partial charge on any atom is 0.275 e. The van der Waals surface area contributed by atoms with Crippen molar-refractivity contribution < 1.29 is 14.6 Å². The summed E-state index contributed by atoms with van der Waals surface area (Å²) in [5.74, 6) is -0.110. The minimum atomic E-state index is -0.519. The summed E-state index contributed by atoms with van der Waals surface area (Å²) in [6.07, 6.45) is 1.47. The number of ether oxygens (including phenoxy) is 1. The molecule has 2 N–H and O–H groups in total. The molecule has 0 heterocycles. The second-order valence-corrected chi connectivity index (χ2v) is 9.42. The maximum absolute atomic E-state index is 12.6. The number of phenolic OH excluding ortho intramolecular Hbond substituents is 1. The zero-order chi connectivity index (χ0) is 25.1. The predicted molar refractivity (Wildman–Crippen MR) is 148 cm³/mol. The van der Waals surface area contributed by atoms with Crippen LogP contribution in [0.5, 0.6) is 11.5 Å². The first-order valence-corrected chi connectivity index (χ1v) is 12.3. The smallest absolute Gasteiger partial charge is 0.275 e. The number of hydrazone groups is 1. The number of benzene rings is 5. The topological polar surface area (TPSA) is 70.9 Å². The molecule has 0 aliphatic carbocycles. The molecule has 0 atom stereocenters. The van der Waals surface area contributed by atoms with E-state index < -0.39 is 5.91 Å². The second kappa shape index (κ2) is 10.4. The fourth-order valence-electron chi connectivity index (χ4n) is 4.00. The fourth-order valence-corrected chi connectivity index (χ4v) is 4.98. The van der Waals surface area contributed by atoms with Crippen molar-refractivity contribution >= 4 is 61.2 Å². The quantitative estimate of drug-likeness (QED) is 0.168. The molecule has 0 unspecified atom stereocenters. The van der Waals surface area contributed by atoms with E-state index >= 15 is 0 Å². The number of carbonyl (C=O) groups excluding carboxylic acids is 1. The Hall–Kier alpha value is -3.87. The molecule has 0 saturated carbocycles. The molecule has 5 aromatic rings. The number of nitrogens with one attached hydrogen (secondary N) is 1. The Labute approximate surface area is 221 Å². The van der Waals surface area contributed by atoms with E-state index in [-0.39, 0.29) is 11.3 Å². The number of carbonyl (C=O) groups is 1. The summed E-state index contributed by atoms with van der Waals surface area (Å²) in [7, 11) is 0. The third kappa shape index (κ3) is 5.05. The van der Waals surface area contributed by atoms with Crippen LogP contribution in [0, 0.1) is 0 Å². The Kier molecular flexibility index (Phi) is 6.89. The van der Waals surface area contributed by atoms with Crippen LogP contribution in [0.4, 0.5) is 0 Å². The molecule has 0 spiro atoms. The Morgan fingerprint density at radius 1 is 0.944 bits per heavy atom. The van der Waals surface area contributed by atoms with Crippen molar-refractivity contribution in [1.82, 2.24) is 5.43 Å². The second-order valence-electron chi connectivity index (χ2n) is 8.16. The van der Waals surface area contributed by atoms with Gasteiger partial charge in [-0.2, -0.15) is 5.10 Å². The molecular weight excluding hydrogens is 540 g/mol. The molecule has 0 bridgehead atoms. The zero-order valence-electron chi connectivity index (χ0n) is 18.9. The first-order chi connectivity index (χ1) is 17.5. The monoisotopic (exact) mass is 558 g/mol. The summed E-state index contributed by atoms with van der Waals surface area (Å²) in [6.45, 7) is 0.360. The van der Waals surface area contributed by atoms with Gasteiger partial charge in [-0.15, -0.1) is 0 Å². The van der Waals surface area contributed by atoms with Crippen LogP contribution < -0.4 is 10.2 Å². The summed E-state index contributed by atoms with van der Waals surface area (Å²) in [5, 5.41) is 18.6. The van der Waals surface area contributed by atoms with Crippen molar-refractivity contribution in [2.75, 3.05) is 0 Å². The molecule has 178 valence electrons. The minimum Gasteiger partial charge on any atom is -0.507 e. The number of aromatic hydroxyl groups is 1. The van der Waals surface area contributed by atoms with E-state index in [1.165, 1.54) is 6.21 Å². The fraction of sp³-hybridized carbons (Fsp3) is 0.0345. The van der Waals surface area contributed by atoms with E-state index in [2.05, 4.69) is 44.7 Å². The first kappa shape index (κ1) is 23.9. The lowest BCUT2D eigenvalue weighted by molar-refractivity contribution is 0.0952. The number of nitrogens with zero attached hydrogens (tertiary/aromatic N) is 1. The lowest BCUT2D eigenvalue weighted by Gasteiger charge is -2.12. The van der Waals surface area contributed by atoms with Gasteiger partial charge in [0.2, 0.25) is 0 Å². The van der Waals surface area contributed by atoms with Crippen LogP contribution in [0.15, 0.2) is 101 Å². The van der Waals surface area contributed by atoms with Crippen LogP contribution in [0.2, 0.25) is 5.02 Å². The van der Waals surface area contributed by atoms with E-state index in [1.54, 1.807) is 24.3 Å². The molecule has 5 nitrogen and oxygen atoms in total. The Morgan fingerprint density at radius 2 is 1.64 bits per heavy atom. The van der Waals surface area contributed by atoms with Crippen LogP contribution >= 0.6 is 27.5 Å². The van der Waals surface area contributed by atoms with Gasteiger partial charge in [-0.05, 0) is 72.9 Å². The number of rotatable bonds is 6. The SMILES string of the molecule is O=C(NN=Cc1cc(Cl)c(OCc2cccc3ccccc23)c(Br)c1)c1cc2ccccc2cc1O. The number of halogens is 2. The molecule has 0 saturated heterocycles. The normalized spacial score (nSPS) is 11.3. The largest absolute Gasteiger partial charge is 0.507 e. The number of hydrogen-bond acceptors (Lipinski definition) is 4. The molecule has 0 aromatic heterocycles. The number of amides is 1. The van der Waals surface area contributed by atoms with Crippen molar-refractivity contribution in [1.29, 1.82) is 0 Å². The van der Waals surface area contributed by atoms with Gasteiger partial charge in [-0.25, -0.2) is 5.43 Å². The number of phenols is 1. The van der Waals surface area contributed by atoms with Gasteiger partial charge in [0.25, 0.3) is 5.91 Å². The maximum atomic E-state index is 12.6. The van der Waals surface area contributed by atoms with E-state index in [0.29, 0.717) is 27.4 Å². The van der Waals surface area contributed by atoms with Crippen molar-refractivity contribution in [2.45, 2.75) is 6.61 Å². The third-order valence-corrected chi connectivity index (χ3v) is 6.63. The molecule has 36 heavy (non-hydrogen) atoms. The Balaban J connectivity index is 1.28. The molecule has 0 radical (unpaired) electrons. The standard InChI is InChI=1S/C29H20BrClN2O3/c30-25-12-18(16-32-33-29(35)24-14-20-7-1-2-8-21(20)15-27(24)34)13-26(31)28(25)36-17-22-10-5-9-19-6-3-4-11-23(19)22/h1-16,34H,17H2,(H,33,35). The van der Waals surface area contributed by atoms with Gasteiger partial charge in [-0.1, -0.05) is 78.3 Å². The van der Waals surface area contributed by atoms with Gasteiger partial charge in [0.05, 0.1) is 21.3 Å². The predicted octanol–water partition coefficient (Wildman–Crippen LogP) is 7.46. The lowest BCUT2D eigenvalue weighted by Crippen LogP contribution is -2.17. The molecule has 5 rings (SSSR count). The summed E-state index contributed by atoms with van der Waals surface area (Å²) in [5.41, 5.74) is 4.31. The van der Waals surface area contributed by atoms with Crippen LogP contribution in [0.1, 0.15) is 21.5 Å². The van der Waals surface area contributed by atoms with Gasteiger partial charge in [0, 0.05) is 0 Å². The van der Waals surface area contributed by atoms with Gasteiger partial charge in [-0.3, -0.25) is 4.79 Å². The highest BCUT2D eigenvalue weighted by Gasteiger charge is 2.13. The van der Waals surface area contributed by atoms with Crippen LogP contribution in [-0.2, 0) is 6.61 Å². The number of hydrogen-bond donors (Lipinski definition) is 2. The minimum absolute atomic E-state index is 0.111. The number of fused-ring (bicyclic) bond motifs is 2. The van der Waals surface area contributed by atoms with E-state index in [4.69, 9.17) is 16.3 Å². The van der Waals surface area contributed by atoms with E-state index in [9.17, 15) is 9.90 Å². The summed E-state index contributed by atoms with van der Waals surface area (Å²) in [6, 6.07) is 28.4. The van der Waals surface area contributed by atoms with Gasteiger partial charge in [0.15, 0.2) is 5.75 Å². The first-order valence-electron chi connectivity index (χ1n) is 11.1. The van der Waals surface area contributed by atoms with Crippen molar-refractivity contribution in [2.24, 2.45) is 5.10 Å². The van der Waals surface area contributed by atoms with Crippen LogP contribution in [0.25, 0.3) is 21.5 Å². The van der Waals surface area contributed by atoms with Crippen molar-refractivity contribution in [3.8, 4) is 11.5 Å². The Bertz CT molecular complexity index is 1610. The lowest BCUT2D eigenvalue weighted by atomic mass is 10.1. The van der Waals surface area contributed by atoms with Crippen LogP contribution in [-0.4, -0.2) is 17.2 Å². The Morgan fingerprint density at radius 3 is 2.42 bits per heavy atom. The van der Waals surface area contributed by atoms with Crippen LogP contribution in [0.3, 0.4) is 0 Å². The molecule has 7 heteroatoms. The van der Waals surface area contributed by atoms with Crippen molar-refractivity contribution in [3.05, 3.63) is 117 Å².